The van der Waals surface area contributed by atoms with Gasteiger partial charge in [-0.05, 0) is 58.2 Å². The van der Waals surface area contributed by atoms with Crippen LogP contribution in [0, 0.1) is 13.8 Å². The summed E-state index contributed by atoms with van der Waals surface area (Å²) >= 11 is 0. The van der Waals surface area contributed by atoms with Crippen molar-refractivity contribution in [3.05, 3.63) is 47.5 Å². The zero-order valence-electron chi connectivity index (χ0n) is 21.0. The summed E-state index contributed by atoms with van der Waals surface area (Å²) < 4.78 is 10.1. The number of esters is 1. The number of rotatable bonds is 11. The number of hydrogen-bond donors (Lipinski definition) is 2. The molecule has 0 aliphatic rings. The molecule has 0 aliphatic heterocycles. The second-order valence-electron chi connectivity index (χ2n) is 8.73. The van der Waals surface area contributed by atoms with Crippen LogP contribution in [0.15, 0.2) is 30.9 Å². The molecule has 0 heterocycles. The third-order valence-electron chi connectivity index (χ3n) is 4.86. The van der Waals surface area contributed by atoms with Gasteiger partial charge in [-0.1, -0.05) is 24.3 Å². The van der Waals surface area contributed by atoms with Gasteiger partial charge in [-0.25, -0.2) is 4.79 Å². The summed E-state index contributed by atoms with van der Waals surface area (Å²) in [7, 11) is 0. The van der Waals surface area contributed by atoms with Gasteiger partial charge in [0.2, 0.25) is 11.8 Å². The first-order valence-electron chi connectivity index (χ1n) is 11.3. The third kappa shape index (κ3) is 9.25. The monoisotopic (exact) mass is 475 g/mol. The highest BCUT2D eigenvalue weighted by Gasteiger charge is 2.32. The zero-order valence-corrected chi connectivity index (χ0v) is 21.0. The van der Waals surface area contributed by atoms with E-state index in [-0.39, 0.29) is 32.7 Å². The Bertz CT molecular complexity index is 891. The lowest BCUT2D eigenvalue weighted by Gasteiger charge is -2.32. The van der Waals surface area contributed by atoms with E-state index in [1.54, 1.807) is 33.8 Å². The highest BCUT2D eigenvalue weighted by atomic mass is 16.6. The molecule has 0 aliphatic carbocycles. The smallest absolute Gasteiger partial charge is 0.408 e. The Balaban J connectivity index is 3.16. The molecule has 34 heavy (non-hydrogen) atoms. The maximum absolute atomic E-state index is 13.3. The number of aryl methyl sites for hydroxylation is 1. The summed E-state index contributed by atoms with van der Waals surface area (Å²) in [6.07, 6.45) is 0.783. The van der Waals surface area contributed by atoms with E-state index < -0.39 is 35.5 Å². The number of carbonyl (C=O) groups excluding carboxylic acids is 4. The largest absolute Gasteiger partial charge is 0.466 e. The molecule has 0 saturated heterocycles. The Labute approximate surface area is 201 Å². The van der Waals surface area contributed by atoms with Crippen LogP contribution in [-0.2, 0) is 23.9 Å². The zero-order chi connectivity index (χ0) is 25.9. The fourth-order valence-corrected chi connectivity index (χ4v) is 3.19. The van der Waals surface area contributed by atoms with Crippen molar-refractivity contribution < 1.29 is 28.7 Å². The molecule has 1 rings (SSSR count). The van der Waals surface area contributed by atoms with E-state index in [9.17, 15) is 19.2 Å². The standard InChI is InChI=1S/C25H37N3O6/c1-8-15-28(20(29)16-27-24(32)34-25(5,6)7)22(19-12-10-11-17(3)18(19)4)23(31)26-14-13-21(30)33-9-2/h8,10-12,22H,1,9,13-16H2,2-7H3,(H,26,31)(H,27,32). The van der Waals surface area contributed by atoms with E-state index in [1.165, 1.54) is 11.0 Å². The van der Waals surface area contributed by atoms with E-state index in [4.69, 9.17) is 9.47 Å². The van der Waals surface area contributed by atoms with Crippen LogP contribution in [0.5, 0.6) is 0 Å². The van der Waals surface area contributed by atoms with E-state index in [2.05, 4.69) is 17.2 Å². The summed E-state index contributed by atoms with van der Waals surface area (Å²) in [5.74, 6) is -1.37. The molecule has 3 amide bonds. The van der Waals surface area contributed by atoms with Gasteiger partial charge >= 0.3 is 12.1 Å². The number of carbonyl (C=O) groups is 4. The molecule has 1 aromatic rings. The Morgan fingerprint density at radius 1 is 1.15 bits per heavy atom. The number of ether oxygens (including phenoxy) is 2. The van der Waals surface area contributed by atoms with Crippen LogP contribution in [0.1, 0.15) is 56.8 Å². The highest BCUT2D eigenvalue weighted by Crippen LogP contribution is 2.26. The van der Waals surface area contributed by atoms with Crippen molar-refractivity contribution in [3.63, 3.8) is 0 Å². The number of nitrogens with one attached hydrogen (secondary N) is 2. The number of nitrogens with zero attached hydrogens (tertiary/aromatic N) is 1. The van der Waals surface area contributed by atoms with Gasteiger partial charge in [0.05, 0.1) is 13.0 Å². The summed E-state index contributed by atoms with van der Waals surface area (Å²) in [6.45, 7) is 14.4. The first-order valence-corrected chi connectivity index (χ1v) is 11.3. The van der Waals surface area contributed by atoms with E-state index in [0.717, 1.165) is 11.1 Å². The van der Waals surface area contributed by atoms with Gasteiger partial charge in [0, 0.05) is 13.1 Å². The van der Waals surface area contributed by atoms with Crippen LogP contribution in [0.25, 0.3) is 0 Å². The van der Waals surface area contributed by atoms with Gasteiger partial charge in [-0.15, -0.1) is 6.58 Å². The molecule has 1 unspecified atom stereocenters. The molecule has 0 bridgehead atoms. The van der Waals surface area contributed by atoms with Crippen molar-refractivity contribution in [2.45, 2.75) is 59.6 Å². The Hall–Kier alpha value is -3.36. The second-order valence-corrected chi connectivity index (χ2v) is 8.73. The average molecular weight is 476 g/mol. The van der Waals surface area contributed by atoms with Crippen molar-refractivity contribution in [3.8, 4) is 0 Å². The van der Waals surface area contributed by atoms with Gasteiger partial charge in [0.15, 0.2) is 0 Å². The number of benzene rings is 1. The number of alkyl carbamates (subject to hydrolysis) is 1. The van der Waals surface area contributed by atoms with Gasteiger partial charge in [0.1, 0.15) is 18.2 Å². The molecule has 1 aromatic carbocycles. The molecule has 9 nitrogen and oxygen atoms in total. The minimum absolute atomic E-state index is 0.00863. The van der Waals surface area contributed by atoms with Gasteiger partial charge < -0.3 is 25.0 Å². The molecular formula is C25H37N3O6. The molecular weight excluding hydrogens is 438 g/mol. The molecule has 188 valence electrons. The quantitative estimate of drug-likeness (QED) is 0.376. The molecule has 0 radical (unpaired) electrons. The Kier molecular flexibility index (Phi) is 11.3. The Morgan fingerprint density at radius 2 is 1.82 bits per heavy atom. The van der Waals surface area contributed by atoms with Crippen LogP contribution >= 0.6 is 0 Å². The molecule has 0 spiro atoms. The van der Waals surface area contributed by atoms with Crippen molar-refractivity contribution in [1.29, 1.82) is 0 Å². The van der Waals surface area contributed by atoms with E-state index >= 15 is 0 Å². The van der Waals surface area contributed by atoms with Crippen LogP contribution in [0.2, 0.25) is 0 Å². The topological polar surface area (TPSA) is 114 Å². The highest BCUT2D eigenvalue weighted by molar-refractivity contribution is 5.91. The van der Waals surface area contributed by atoms with Crippen LogP contribution in [0.3, 0.4) is 0 Å². The number of amides is 3. The normalized spacial score (nSPS) is 11.7. The average Bonchev–Trinajstić information content (AvgIpc) is 2.73. The third-order valence-corrected chi connectivity index (χ3v) is 4.86. The molecule has 2 N–H and O–H groups in total. The lowest BCUT2D eigenvalue weighted by Crippen LogP contribution is -2.48. The lowest BCUT2D eigenvalue weighted by molar-refractivity contribution is -0.143. The molecule has 0 saturated carbocycles. The molecule has 0 fully saturated rings. The predicted molar refractivity (Wildman–Crippen MR) is 129 cm³/mol. The first kappa shape index (κ1) is 28.7. The number of hydrogen-bond acceptors (Lipinski definition) is 6. The molecule has 9 heteroatoms. The Morgan fingerprint density at radius 3 is 2.41 bits per heavy atom. The maximum atomic E-state index is 13.3. The van der Waals surface area contributed by atoms with Crippen molar-refractivity contribution in [2.75, 3.05) is 26.2 Å². The van der Waals surface area contributed by atoms with Crippen molar-refractivity contribution in [1.82, 2.24) is 15.5 Å². The van der Waals surface area contributed by atoms with Crippen molar-refractivity contribution in [2.24, 2.45) is 0 Å². The lowest BCUT2D eigenvalue weighted by atomic mass is 9.95. The van der Waals surface area contributed by atoms with Gasteiger partial charge in [-0.3, -0.25) is 14.4 Å². The van der Waals surface area contributed by atoms with Gasteiger partial charge in [0.25, 0.3) is 0 Å². The fourth-order valence-electron chi connectivity index (χ4n) is 3.19. The molecule has 1 atom stereocenters. The first-order chi connectivity index (χ1) is 15.9. The van der Waals surface area contributed by atoms with Crippen LogP contribution in [0.4, 0.5) is 4.79 Å². The second kappa shape index (κ2) is 13.4. The van der Waals surface area contributed by atoms with Crippen molar-refractivity contribution >= 4 is 23.9 Å². The minimum atomic E-state index is -0.993. The maximum Gasteiger partial charge on any atom is 0.408 e. The SMILES string of the molecule is C=CCN(C(=O)CNC(=O)OC(C)(C)C)C(C(=O)NCCC(=O)OCC)c1cccc(C)c1C. The summed E-state index contributed by atoms with van der Waals surface area (Å²) in [4.78, 5) is 51.4. The summed E-state index contributed by atoms with van der Waals surface area (Å²) in [5, 5.41) is 5.17. The minimum Gasteiger partial charge on any atom is -0.466 e. The summed E-state index contributed by atoms with van der Waals surface area (Å²) in [6, 6.07) is 4.51. The van der Waals surface area contributed by atoms with Gasteiger partial charge in [-0.2, -0.15) is 0 Å². The fraction of sp³-hybridized carbons (Fsp3) is 0.520. The predicted octanol–water partition coefficient (Wildman–Crippen LogP) is 2.95. The molecule has 0 aromatic heterocycles. The van der Waals surface area contributed by atoms with E-state index in [1.807, 2.05) is 26.0 Å². The summed E-state index contributed by atoms with van der Waals surface area (Å²) in [5.41, 5.74) is 1.74. The van der Waals surface area contributed by atoms with Crippen LogP contribution < -0.4 is 10.6 Å². The van der Waals surface area contributed by atoms with Crippen LogP contribution in [-0.4, -0.2) is 60.6 Å². The van der Waals surface area contributed by atoms with E-state index in [0.29, 0.717) is 5.56 Å².